The number of aromatic nitrogens is 3. The Labute approximate surface area is 138 Å². The predicted octanol–water partition coefficient (Wildman–Crippen LogP) is 2.47. The first-order valence-electron chi connectivity index (χ1n) is 7.97. The topological polar surface area (TPSA) is 67.8 Å². The van der Waals surface area contributed by atoms with E-state index in [1.807, 2.05) is 5.38 Å². The van der Waals surface area contributed by atoms with E-state index < -0.39 is 0 Å². The number of nitrogens with one attached hydrogen (secondary N) is 1. The molecule has 0 aliphatic heterocycles. The number of hydrogen-bond donors (Lipinski definition) is 1. The van der Waals surface area contributed by atoms with Gasteiger partial charge in [-0.05, 0) is 30.7 Å². The van der Waals surface area contributed by atoms with Crippen LogP contribution >= 0.6 is 11.3 Å². The molecule has 5 nitrogen and oxygen atoms in total. The SMILES string of the molecule is O=C(NCCc1csc(-c2ncccn2)n1)[C@H]1C[C@@H]2C=C[C@H]1C2. The molecule has 0 radical (unpaired) electrons. The van der Waals surface area contributed by atoms with E-state index in [2.05, 4.69) is 32.4 Å². The fourth-order valence-corrected chi connectivity index (χ4v) is 4.26. The lowest BCUT2D eigenvalue weighted by molar-refractivity contribution is -0.125. The van der Waals surface area contributed by atoms with E-state index in [0.29, 0.717) is 24.2 Å². The molecule has 0 unspecified atom stereocenters. The van der Waals surface area contributed by atoms with Crippen molar-refractivity contribution in [1.29, 1.82) is 0 Å². The lowest BCUT2D eigenvalue weighted by Crippen LogP contribution is -2.34. The lowest BCUT2D eigenvalue weighted by Gasteiger charge is -2.17. The monoisotopic (exact) mass is 326 g/mol. The van der Waals surface area contributed by atoms with Gasteiger partial charge < -0.3 is 5.32 Å². The second kappa shape index (κ2) is 6.20. The number of thiazole rings is 1. The van der Waals surface area contributed by atoms with Gasteiger partial charge in [-0.25, -0.2) is 15.0 Å². The maximum atomic E-state index is 12.3. The van der Waals surface area contributed by atoms with E-state index in [9.17, 15) is 4.79 Å². The lowest BCUT2D eigenvalue weighted by atomic mass is 9.93. The average Bonchev–Trinajstić information content (AvgIpc) is 3.32. The maximum Gasteiger partial charge on any atom is 0.223 e. The summed E-state index contributed by atoms with van der Waals surface area (Å²) in [7, 11) is 0. The fraction of sp³-hybridized carbons (Fsp3) is 0.412. The van der Waals surface area contributed by atoms with Gasteiger partial charge in [-0.2, -0.15) is 0 Å². The van der Waals surface area contributed by atoms with Crippen molar-refractivity contribution in [2.45, 2.75) is 19.3 Å². The summed E-state index contributed by atoms with van der Waals surface area (Å²) in [5.74, 6) is 2.11. The third kappa shape index (κ3) is 3.03. The Balaban J connectivity index is 1.29. The molecule has 6 heteroatoms. The molecule has 1 N–H and O–H groups in total. The molecule has 23 heavy (non-hydrogen) atoms. The summed E-state index contributed by atoms with van der Waals surface area (Å²) in [6, 6.07) is 1.79. The van der Waals surface area contributed by atoms with Crippen molar-refractivity contribution in [3.05, 3.63) is 41.7 Å². The van der Waals surface area contributed by atoms with Gasteiger partial charge in [0, 0.05) is 36.7 Å². The molecule has 2 aliphatic rings. The molecule has 4 rings (SSSR count). The number of carbonyl (C=O) groups is 1. The van der Waals surface area contributed by atoms with E-state index in [-0.39, 0.29) is 11.8 Å². The molecule has 2 aromatic heterocycles. The Hall–Kier alpha value is -2.08. The van der Waals surface area contributed by atoms with Crippen LogP contribution in [0.4, 0.5) is 0 Å². The van der Waals surface area contributed by atoms with Crippen molar-refractivity contribution in [1.82, 2.24) is 20.3 Å². The summed E-state index contributed by atoms with van der Waals surface area (Å²) in [6.45, 7) is 0.634. The maximum absolute atomic E-state index is 12.3. The quantitative estimate of drug-likeness (QED) is 0.857. The largest absolute Gasteiger partial charge is 0.355 e. The zero-order chi connectivity index (χ0) is 15.6. The van der Waals surface area contributed by atoms with Crippen molar-refractivity contribution >= 4 is 17.2 Å². The molecule has 118 valence electrons. The van der Waals surface area contributed by atoms with Crippen LogP contribution in [0.1, 0.15) is 18.5 Å². The summed E-state index contributed by atoms with van der Waals surface area (Å²) in [5.41, 5.74) is 0.977. The van der Waals surface area contributed by atoms with Crippen molar-refractivity contribution in [2.24, 2.45) is 17.8 Å². The zero-order valence-corrected chi connectivity index (χ0v) is 13.5. The van der Waals surface area contributed by atoms with Crippen LogP contribution in [0.5, 0.6) is 0 Å². The summed E-state index contributed by atoms with van der Waals surface area (Å²) >= 11 is 1.54. The first kappa shape index (κ1) is 14.5. The zero-order valence-electron chi connectivity index (χ0n) is 12.7. The van der Waals surface area contributed by atoms with Gasteiger partial charge in [-0.3, -0.25) is 4.79 Å². The van der Waals surface area contributed by atoms with E-state index in [4.69, 9.17) is 0 Å². The standard InChI is InChI=1S/C17H18N4OS/c22-16(14-9-11-2-3-12(14)8-11)20-7-4-13-10-23-17(21-13)15-18-5-1-6-19-15/h1-3,5-6,10-12,14H,4,7-9H2,(H,20,22)/t11-,12+,14+/m1/s1. The Morgan fingerprint density at radius 3 is 2.87 bits per heavy atom. The number of carbonyl (C=O) groups excluding carboxylic acids is 1. The molecule has 1 fully saturated rings. The molecule has 2 heterocycles. The van der Waals surface area contributed by atoms with E-state index in [0.717, 1.165) is 30.0 Å². The number of fused-ring (bicyclic) bond motifs is 2. The van der Waals surface area contributed by atoms with Crippen LogP contribution in [0, 0.1) is 17.8 Å². The van der Waals surface area contributed by atoms with Crippen LogP contribution in [0.3, 0.4) is 0 Å². The normalized spacial score (nSPS) is 25.0. The second-order valence-corrected chi connectivity index (χ2v) is 7.00. The first-order valence-corrected chi connectivity index (χ1v) is 8.85. The van der Waals surface area contributed by atoms with Crippen LogP contribution in [0.2, 0.25) is 0 Å². The van der Waals surface area contributed by atoms with Gasteiger partial charge in [0.1, 0.15) is 0 Å². The summed E-state index contributed by atoms with van der Waals surface area (Å²) in [4.78, 5) is 25.2. The number of rotatable bonds is 5. The third-order valence-electron chi connectivity index (χ3n) is 4.60. The van der Waals surface area contributed by atoms with Gasteiger partial charge in [0.15, 0.2) is 10.8 Å². The van der Waals surface area contributed by atoms with Crippen molar-refractivity contribution in [2.75, 3.05) is 6.54 Å². The van der Waals surface area contributed by atoms with Gasteiger partial charge in [-0.15, -0.1) is 11.3 Å². The summed E-state index contributed by atoms with van der Waals surface area (Å²) < 4.78 is 0. The first-order chi connectivity index (χ1) is 11.3. The predicted molar refractivity (Wildman–Crippen MR) is 88.7 cm³/mol. The average molecular weight is 326 g/mol. The molecule has 0 saturated heterocycles. The number of nitrogens with zero attached hydrogens (tertiary/aromatic N) is 3. The Morgan fingerprint density at radius 2 is 2.13 bits per heavy atom. The second-order valence-electron chi connectivity index (χ2n) is 6.14. The van der Waals surface area contributed by atoms with Crippen LogP contribution < -0.4 is 5.32 Å². The number of hydrogen-bond acceptors (Lipinski definition) is 5. The van der Waals surface area contributed by atoms with Crippen LogP contribution in [-0.4, -0.2) is 27.4 Å². The summed E-state index contributed by atoms with van der Waals surface area (Å²) in [5, 5.41) is 5.90. The van der Waals surface area contributed by atoms with Crippen molar-refractivity contribution in [3.63, 3.8) is 0 Å². The highest BCUT2D eigenvalue weighted by atomic mass is 32.1. The van der Waals surface area contributed by atoms with Gasteiger partial charge in [-0.1, -0.05) is 12.2 Å². The smallest absolute Gasteiger partial charge is 0.223 e. The van der Waals surface area contributed by atoms with E-state index in [1.54, 1.807) is 18.5 Å². The molecule has 1 saturated carbocycles. The van der Waals surface area contributed by atoms with Crippen molar-refractivity contribution < 1.29 is 4.79 Å². The Morgan fingerprint density at radius 1 is 1.26 bits per heavy atom. The van der Waals surface area contributed by atoms with Gasteiger partial charge in [0.2, 0.25) is 5.91 Å². The minimum atomic E-state index is 0.175. The number of allylic oxidation sites excluding steroid dienone is 2. The Bertz CT molecular complexity index is 727. The molecule has 2 aliphatic carbocycles. The highest BCUT2D eigenvalue weighted by Gasteiger charge is 2.39. The molecular weight excluding hydrogens is 308 g/mol. The van der Waals surface area contributed by atoms with Crippen molar-refractivity contribution in [3.8, 4) is 10.8 Å². The fourth-order valence-electron chi connectivity index (χ4n) is 3.46. The minimum Gasteiger partial charge on any atom is -0.355 e. The molecule has 3 atom stereocenters. The minimum absolute atomic E-state index is 0.175. The molecule has 2 bridgehead atoms. The molecule has 1 amide bonds. The third-order valence-corrected chi connectivity index (χ3v) is 5.49. The summed E-state index contributed by atoms with van der Waals surface area (Å²) in [6.07, 6.45) is 10.8. The highest BCUT2D eigenvalue weighted by Crippen LogP contribution is 2.43. The van der Waals surface area contributed by atoms with E-state index >= 15 is 0 Å². The number of amides is 1. The van der Waals surface area contributed by atoms with Gasteiger partial charge >= 0.3 is 0 Å². The molecule has 0 spiro atoms. The van der Waals surface area contributed by atoms with Crippen LogP contribution in [0.15, 0.2) is 36.0 Å². The Kier molecular flexibility index (Phi) is 3.91. The van der Waals surface area contributed by atoms with Crippen LogP contribution in [-0.2, 0) is 11.2 Å². The van der Waals surface area contributed by atoms with Gasteiger partial charge in [0.05, 0.1) is 5.69 Å². The van der Waals surface area contributed by atoms with E-state index in [1.165, 1.54) is 11.3 Å². The highest BCUT2D eigenvalue weighted by molar-refractivity contribution is 7.13. The molecular formula is C17H18N4OS. The molecule has 2 aromatic rings. The van der Waals surface area contributed by atoms with Crippen LogP contribution in [0.25, 0.3) is 10.8 Å². The molecule has 0 aromatic carbocycles. The van der Waals surface area contributed by atoms with Gasteiger partial charge in [0.25, 0.3) is 0 Å².